The predicted octanol–water partition coefficient (Wildman–Crippen LogP) is 5.36. The second-order valence-corrected chi connectivity index (χ2v) is 11.1. The van der Waals surface area contributed by atoms with Crippen molar-refractivity contribution in [3.8, 4) is 0 Å². The molecule has 3 aliphatic heterocycles. The second kappa shape index (κ2) is 13.8. The van der Waals surface area contributed by atoms with Crippen LogP contribution >= 0.6 is 0 Å². The van der Waals surface area contributed by atoms with E-state index in [9.17, 15) is 27.2 Å². The van der Waals surface area contributed by atoms with Crippen molar-refractivity contribution in [2.24, 2.45) is 0 Å². The van der Waals surface area contributed by atoms with E-state index in [0.717, 1.165) is 87.8 Å². The summed E-state index contributed by atoms with van der Waals surface area (Å²) in [4.78, 5) is 40.8. The maximum Gasteiger partial charge on any atom is 0.490 e. The van der Waals surface area contributed by atoms with Gasteiger partial charge in [-0.15, -0.1) is 0 Å². The van der Waals surface area contributed by atoms with Gasteiger partial charge < -0.3 is 14.7 Å². The van der Waals surface area contributed by atoms with Crippen molar-refractivity contribution in [3.05, 3.63) is 34.9 Å². The standard InChI is InChI=1S/C27H40FN3O3.C2HF3O2/c1-4-5-9-23-27(34-26(33)31(23)19-14-28)12-17-29(18-13-27)22-10-15-30(16-11-22)25(32)24-20(2)7-6-8-21(24)3;3-2(4,5)1(6)7/h6-8,22-23H,4-5,9-19H2,1-3H3;(H,6,7). The highest BCUT2D eigenvalue weighted by Gasteiger charge is 2.54. The monoisotopic (exact) mass is 587 g/mol. The molecule has 3 heterocycles. The quantitative estimate of drug-likeness (QED) is 0.433. The smallest absolute Gasteiger partial charge is 0.475 e. The van der Waals surface area contributed by atoms with Crippen molar-refractivity contribution in [1.29, 1.82) is 0 Å². The minimum Gasteiger partial charge on any atom is -0.475 e. The molecule has 0 saturated carbocycles. The Morgan fingerprint density at radius 3 is 2.12 bits per heavy atom. The van der Waals surface area contributed by atoms with Crippen molar-refractivity contribution in [3.63, 3.8) is 0 Å². The van der Waals surface area contributed by atoms with E-state index in [2.05, 4.69) is 11.8 Å². The van der Waals surface area contributed by atoms with Crippen LogP contribution < -0.4 is 0 Å². The number of rotatable bonds is 7. The lowest BCUT2D eigenvalue weighted by Gasteiger charge is -2.46. The van der Waals surface area contributed by atoms with Crippen LogP contribution in [-0.4, -0.2) is 101 Å². The molecule has 0 bridgehead atoms. The number of benzene rings is 1. The van der Waals surface area contributed by atoms with Crippen molar-refractivity contribution in [2.75, 3.05) is 39.4 Å². The summed E-state index contributed by atoms with van der Waals surface area (Å²) < 4.78 is 50.8. The Morgan fingerprint density at radius 2 is 1.63 bits per heavy atom. The Labute approximate surface area is 238 Å². The van der Waals surface area contributed by atoms with E-state index in [0.29, 0.717) is 6.04 Å². The van der Waals surface area contributed by atoms with Crippen LogP contribution in [0.25, 0.3) is 0 Å². The first-order valence-corrected chi connectivity index (χ1v) is 14.3. The Hall–Kier alpha value is -2.89. The minimum atomic E-state index is -5.08. The summed E-state index contributed by atoms with van der Waals surface area (Å²) in [5.74, 6) is -2.61. The van der Waals surface area contributed by atoms with Gasteiger partial charge in [0.25, 0.3) is 5.91 Å². The average Bonchev–Trinajstić information content (AvgIpc) is 3.17. The van der Waals surface area contributed by atoms with Gasteiger partial charge in [-0.25, -0.2) is 14.0 Å². The number of halogens is 4. The van der Waals surface area contributed by atoms with E-state index < -0.39 is 24.4 Å². The lowest BCUT2D eigenvalue weighted by molar-refractivity contribution is -0.192. The first-order chi connectivity index (χ1) is 19.3. The molecule has 3 aliphatic rings. The van der Waals surface area contributed by atoms with Gasteiger partial charge in [-0.1, -0.05) is 38.0 Å². The van der Waals surface area contributed by atoms with E-state index in [4.69, 9.17) is 14.6 Å². The molecule has 41 heavy (non-hydrogen) atoms. The highest BCUT2D eigenvalue weighted by molar-refractivity contribution is 5.97. The number of nitrogens with zero attached hydrogens (tertiary/aromatic N) is 3. The number of likely N-dealkylation sites (tertiary alicyclic amines) is 2. The molecule has 8 nitrogen and oxygen atoms in total. The summed E-state index contributed by atoms with van der Waals surface area (Å²) in [6.07, 6.45) is 1.06. The largest absolute Gasteiger partial charge is 0.490 e. The number of aryl methyl sites for hydroxylation is 2. The minimum absolute atomic E-state index is 0.0188. The molecular weight excluding hydrogens is 546 g/mol. The van der Waals surface area contributed by atoms with Gasteiger partial charge in [0.1, 0.15) is 12.3 Å². The van der Waals surface area contributed by atoms with Gasteiger partial charge in [-0.2, -0.15) is 13.2 Å². The van der Waals surface area contributed by atoms with Crippen LogP contribution in [0.4, 0.5) is 22.4 Å². The van der Waals surface area contributed by atoms with Crippen LogP contribution in [-0.2, 0) is 9.53 Å². The van der Waals surface area contributed by atoms with E-state index in [1.807, 2.05) is 36.9 Å². The number of unbranched alkanes of at least 4 members (excludes halogenated alkanes) is 1. The number of ether oxygens (including phenoxy) is 1. The molecule has 230 valence electrons. The third-order valence-electron chi connectivity index (χ3n) is 8.52. The van der Waals surface area contributed by atoms with Crippen molar-refractivity contribution >= 4 is 18.0 Å². The zero-order chi connectivity index (χ0) is 30.4. The number of aliphatic carboxylic acids is 1. The molecule has 2 amide bonds. The topological polar surface area (TPSA) is 90.4 Å². The summed E-state index contributed by atoms with van der Waals surface area (Å²) in [6, 6.07) is 6.45. The Morgan fingerprint density at radius 1 is 1.07 bits per heavy atom. The SMILES string of the molecule is CCCCC1N(CCF)C(=O)OC12CCN(C1CCN(C(=O)c3c(C)cccc3C)CC1)CC2.O=C(O)C(F)(F)F. The zero-order valence-electron chi connectivity index (χ0n) is 24.0. The molecular formula is C29H41F4N3O5. The second-order valence-electron chi connectivity index (χ2n) is 11.1. The van der Waals surface area contributed by atoms with Crippen LogP contribution in [0, 0.1) is 13.8 Å². The molecule has 1 spiro atoms. The fourth-order valence-corrected chi connectivity index (χ4v) is 6.31. The molecule has 0 aromatic heterocycles. The number of amides is 2. The van der Waals surface area contributed by atoms with Crippen molar-refractivity contribution < 1.29 is 41.8 Å². The number of hydrogen-bond donors (Lipinski definition) is 1. The first-order valence-electron chi connectivity index (χ1n) is 14.3. The van der Waals surface area contributed by atoms with E-state index in [1.165, 1.54) is 0 Å². The van der Waals surface area contributed by atoms with Crippen LogP contribution in [0.3, 0.4) is 0 Å². The molecule has 3 saturated heterocycles. The normalized spacial score (nSPS) is 21.4. The maximum atomic E-state index is 13.2. The Kier molecular flexibility index (Phi) is 11.0. The number of piperidine rings is 2. The lowest BCUT2D eigenvalue weighted by atomic mass is 9.81. The van der Waals surface area contributed by atoms with Crippen LogP contribution in [0.2, 0.25) is 0 Å². The lowest BCUT2D eigenvalue weighted by Crippen LogP contribution is -2.56. The van der Waals surface area contributed by atoms with Gasteiger partial charge in [0.15, 0.2) is 0 Å². The molecule has 4 rings (SSSR count). The fraction of sp³-hybridized carbons (Fsp3) is 0.690. The van der Waals surface area contributed by atoms with Gasteiger partial charge in [0.05, 0.1) is 12.6 Å². The molecule has 1 N–H and O–H groups in total. The number of hydrogen-bond acceptors (Lipinski definition) is 5. The third-order valence-corrected chi connectivity index (χ3v) is 8.52. The maximum absolute atomic E-state index is 13.2. The van der Waals surface area contributed by atoms with Crippen molar-refractivity contribution in [2.45, 2.75) is 89.6 Å². The molecule has 3 fully saturated rings. The van der Waals surface area contributed by atoms with E-state index >= 15 is 0 Å². The summed E-state index contributed by atoms with van der Waals surface area (Å²) in [5, 5.41) is 7.12. The van der Waals surface area contributed by atoms with Gasteiger partial charge in [-0.05, 0) is 44.2 Å². The zero-order valence-corrected chi connectivity index (χ0v) is 24.0. The highest BCUT2D eigenvalue weighted by Crippen LogP contribution is 2.41. The number of carboxylic acid groups (broad SMARTS) is 1. The summed E-state index contributed by atoms with van der Waals surface area (Å²) >= 11 is 0. The molecule has 1 unspecified atom stereocenters. The Balaban J connectivity index is 0.000000587. The number of carbonyl (C=O) groups is 3. The van der Waals surface area contributed by atoms with Crippen LogP contribution in [0.15, 0.2) is 18.2 Å². The van der Waals surface area contributed by atoms with E-state index in [-0.39, 0.29) is 24.6 Å². The Bertz CT molecular complexity index is 1050. The fourth-order valence-electron chi connectivity index (χ4n) is 6.31. The van der Waals surface area contributed by atoms with Crippen molar-refractivity contribution in [1.82, 2.24) is 14.7 Å². The molecule has 0 aliphatic carbocycles. The molecule has 0 radical (unpaired) electrons. The van der Waals surface area contributed by atoms with E-state index in [1.54, 1.807) is 4.90 Å². The number of carbonyl (C=O) groups excluding carboxylic acids is 2. The molecule has 1 atom stereocenters. The number of alkyl halides is 4. The molecule has 1 aromatic carbocycles. The van der Waals surface area contributed by atoms with Crippen LogP contribution in [0.1, 0.15) is 73.4 Å². The van der Waals surface area contributed by atoms with Gasteiger partial charge in [0, 0.05) is 50.6 Å². The first kappa shape index (κ1) is 32.6. The summed E-state index contributed by atoms with van der Waals surface area (Å²) in [6.45, 7) is 9.08. The van der Waals surface area contributed by atoms with Gasteiger partial charge in [-0.3, -0.25) is 14.6 Å². The summed E-state index contributed by atoms with van der Waals surface area (Å²) in [7, 11) is 0. The molecule has 12 heteroatoms. The number of carboxylic acids is 1. The van der Waals surface area contributed by atoms with Gasteiger partial charge in [0.2, 0.25) is 0 Å². The molecule has 1 aromatic rings. The van der Waals surface area contributed by atoms with Crippen LogP contribution in [0.5, 0.6) is 0 Å². The van der Waals surface area contributed by atoms with Gasteiger partial charge >= 0.3 is 18.2 Å². The highest BCUT2D eigenvalue weighted by atomic mass is 19.4. The third kappa shape index (κ3) is 7.69. The summed E-state index contributed by atoms with van der Waals surface area (Å²) in [5.41, 5.74) is 2.45. The average molecular weight is 588 g/mol. The predicted molar refractivity (Wildman–Crippen MR) is 145 cm³/mol.